The first-order valence-corrected chi connectivity index (χ1v) is 7.30. The SMILES string of the molecule is O=C(O)C1(C2CCOCC2)CCS(=O)(=O)C1. The molecule has 2 saturated heterocycles. The molecule has 5 nitrogen and oxygen atoms in total. The molecule has 0 bridgehead atoms. The van der Waals surface area contributed by atoms with Gasteiger partial charge in [0.15, 0.2) is 9.84 Å². The third kappa shape index (κ3) is 1.96. The minimum absolute atomic E-state index is 0.0106. The molecule has 2 heterocycles. The summed E-state index contributed by atoms with van der Waals surface area (Å²) in [5.74, 6) is -1.20. The van der Waals surface area contributed by atoms with Crippen LogP contribution in [0.25, 0.3) is 0 Å². The summed E-state index contributed by atoms with van der Waals surface area (Å²) in [5, 5.41) is 9.34. The van der Waals surface area contributed by atoms with Crippen LogP contribution in [0.2, 0.25) is 0 Å². The topological polar surface area (TPSA) is 80.7 Å². The Balaban J connectivity index is 2.26. The van der Waals surface area contributed by atoms with Crippen molar-refractivity contribution < 1.29 is 23.1 Å². The quantitative estimate of drug-likeness (QED) is 0.760. The van der Waals surface area contributed by atoms with Crippen molar-refractivity contribution in [2.75, 3.05) is 24.7 Å². The van der Waals surface area contributed by atoms with Crippen molar-refractivity contribution in [3.63, 3.8) is 0 Å². The third-order valence-electron chi connectivity index (χ3n) is 3.77. The molecule has 92 valence electrons. The fourth-order valence-corrected chi connectivity index (χ4v) is 4.90. The van der Waals surface area contributed by atoms with Crippen molar-refractivity contribution in [3.05, 3.63) is 0 Å². The van der Waals surface area contributed by atoms with E-state index in [1.54, 1.807) is 0 Å². The maximum atomic E-state index is 11.5. The minimum atomic E-state index is -3.17. The van der Waals surface area contributed by atoms with Gasteiger partial charge in [-0.25, -0.2) is 8.42 Å². The van der Waals surface area contributed by atoms with Gasteiger partial charge in [-0.2, -0.15) is 0 Å². The molecule has 1 atom stereocenters. The van der Waals surface area contributed by atoms with E-state index in [2.05, 4.69) is 0 Å². The van der Waals surface area contributed by atoms with Crippen LogP contribution in [0, 0.1) is 11.3 Å². The summed E-state index contributed by atoms with van der Waals surface area (Å²) >= 11 is 0. The highest BCUT2D eigenvalue weighted by molar-refractivity contribution is 7.91. The summed E-state index contributed by atoms with van der Waals surface area (Å²) in [5.41, 5.74) is -1.05. The van der Waals surface area contributed by atoms with E-state index in [4.69, 9.17) is 4.74 Å². The molecule has 0 aromatic heterocycles. The number of hydrogen-bond donors (Lipinski definition) is 1. The molecule has 1 unspecified atom stereocenters. The van der Waals surface area contributed by atoms with Gasteiger partial charge in [-0.3, -0.25) is 4.79 Å². The fourth-order valence-electron chi connectivity index (χ4n) is 2.79. The van der Waals surface area contributed by atoms with E-state index < -0.39 is 21.2 Å². The van der Waals surface area contributed by atoms with Gasteiger partial charge >= 0.3 is 5.97 Å². The van der Waals surface area contributed by atoms with Gasteiger partial charge in [0.25, 0.3) is 0 Å². The summed E-state index contributed by atoms with van der Waals surface area (Å²) in [6.45, 7) is 1.08. The van der Waals surface area contributed by atoms with E-state index in [0.29, 0.717) is 26.1 Å². The van der Waals surface area contributed by atoms with Gasteiger partial charge in [-0.15, -0.1) is 0 Å². The summed E-state index contributed by atoms with van der Waals surface area (Å²) < 4.78 is 28.2. The lowest BCUT2D eigenvalue weighted by Crippen LogP contribution is -2.42. The lowest BCUT2D eigenvalue weighted by molar-refractivity contribution is -0.153. The van der Waals surface area contributed by atoms with Crippen LogP contribution in [-0.2, 0) is 19.4 Å². The van der Waals surface area contributed by atoms with Crippen LogP contribution in [0.15, 0.2) is 0 Å². The molecule has 0 aromatic rings. The Morgan fingerprint density at radius 3 is 2.38 bits per heavy atom. The lowest BCUT2D eigenvalue weighted by atomic mass is 9.71. The summed E-state index contributed by atoms with van der Waals surface area (Å²) in [6, 6.07) is 0. The largest absolute Gasteiger partial charge is 0.481 e. The Labute approximate surface area is 94.7 Å². The molecule has 0 amide bonds. The third-order valence-corrected chi connectivity index (χ3v) is 5.55. The molecule has 2 aliphatic rings. The number of rotatable bonds is 2. The zero-order valence-corrected chi connectivity index (χ0v) is 9.83. The van der Waals surface area contributed by atoms with Crippen molar-refractivity contribution >= 4 is 15.8 Å². The highest BCUT2D eigenvalue weighted by Gasteiger charge is 2.53. The smallest absolute Gasteiger partial charge is 0.310 e. The van der Waals surface area contributed by atoms with Crippen LogP contribution < -0.4 is 0 Å². The van der Waals surface area contributed by atoms with Gasteiger partial charge in [-0.05, 0) is 25.2 Å². The number of carboxylic acids is 1. The Hall–Kier alpha value is -0.620. The Bertz CT molecular complexity index is 382. The highest BCUT2D eigenvalue weighted by atomic mass is 32.2. The van der Waals surface area contributed by atoms with Crippen LogP contribution in [0.5, 0.6) is 0 Å². The zero-order chi connectivity index (χ0) is 11.8. The van der Waals surface area contributed by atoms with Gasteiger partial charge in [0.05, 0.1) is 16.9 Å². The number of hydrogen-bond acceptors (Lipinski definition) is 4. The second-order valence-electron chi connectivity index (χ2n) is 4.69. The van der Waals surface area contributed by atoms with Gasteiger partial charge in [0, 0.05) is 13.2 Å². The second-order valence-corrected chi connectivity index (χ2v) is 6.87. The van der Waals surface area contributed by atoms with E-state index in [1.807, 2.05) is 0 Å². The van der Waals surface area contributed by atoms with Crippen molar-refractivity contribution in [2.24, 2.45) is 11.3 Å². The molecule has 16 heavy (non-hydrogen) atoms. The zero-order valence-electron chi connectivity index (χ0n) is 9.02. The van der Waals surface area contributed by atoms with E-state index in [1.165, 1.54) is 0 Å². The number of aliphatic carboxylic acids is 1. The van der Waals surface area contributed by atoms with Gasteiger partial charge in [-0.1, -0.05) is 0 Å². The lowest BCUT2D eigenvalue weighted by Gasteiger charge is -2.35. The van der Waals surface area contributed by atoms with Crippen LogP contribution in [0.4, 0.5) is 0 Å². The van der Waals surface area contributed by atoms with Gasteiger partial charge in [0.2, 0.25) is 0 Å². The summed E-state index contributed by atoms with van der Waals surface area (Å²) in [7, 11) is -3.17. The normalized spacial score (nSPS) is 35.0. The first kappa shape index (κ1) is 11.9. The van der Waals surface area contributed by atoms with Crippen molar-refractivity contribution in [2.45, 2.75) is 19.3 Å². The van der Waals surface area contributed by atoms with Crippen LogP contribution in [-0.4, -0.2) is 44.2 Å². The molecule has 0 radical (unpaired) electrons. The number of carboxylic acid groups (broad SMARTS) is 1. The van der Waals surface area contributed by atoms with Crippen LogP contribution in [0.1, 0.15) is 19.3 Å². The molecular formula is C10H16O5S. The van der Waals surface area contributed by atoms with E-state index >= 15 is 0 Å². The Morgan fingerprint density at radius 2 is 1.94 bits per heavy atom. The first-order chi connectivity index (χ1) is 7.46. The number of ether oxygens (including phenoxy) is 1. The van der Waals surface area contributed by atoms with E-state index in [-0.39, 0.29) is 23.8 Å². The van der Waals surface area contributed by atoms with E-state index in [9.17, 15) is 18.3 Å². The summed E-state index contributed by atoms with van der Waals surface area (Å²) in [4.78, 5) is 11.4. The van der Waals surface area contributed by atoms with Crippen LogP contribution in [0.3, 0.4) is 0 Å². The van der Waals surface area contributed by atoms with Crippen molar-refractivity contribution in [1.82, 2.24) is 0 Å². The van der Waals surface area contributed by atoms with Crippen molar-refractivity contribution in [1.29, 1.82) is 0 Å². The molecule has 2 fully saturated rings. The fraction of sp³-hybridized carbons (Fsp3) is 0.900. The average Bonchev–Trinajstić information content (AvgIpc) is 2.57. The monoisotopic (exact) mass is 248 g/mol. The van der Waals surface area contributed by atoms with Gasteiger partial charge in [0.1, 0.15) is 0 Å². The van der Waals surface area contributed by atoms with Crippen molar-refractivity contribution in [3.8, 4) is 0 Å². The summed E-state index contributed by atoms with van der Waals surface area (Å²) in [6.07, 6.45) is 1.57. The first-order valence-electron chi connectivity index (χ1n) is 5.48. The molecule has 6 heteroatoms. The molecule has 0 saturated carbocycles. The predicted octanol–water partition coefficient (Wildman–Crippen LogP) is 0.303. The average molecular weight is 248 g/mol. The van der Waals surface area contributed by atoms with Crippen LogP contribution >= 0.6 is 0 Å². The Morgan fingerprint density at radius 1 is 1.31 bits per heavy atom. The second kappa shape index (κ2) is 4.00. The number of carbonyl (C=O) groups is 1. The molecule has 0 aromatic carbocycles. The Kier molecular flexibility index (Phi) is 2.96. The maximum absolute atomic E-state index is 11.5. The number of sulfone groups is 1. The molecule has 2 rings (SSSR count). The van der Waals surface area contributed by atoms with Gasteiger partial charge < -0.3 is 9.84 Å². The molecule has 1 N–H and O–H groups in total. The standard InChI is InChI=1S/C10H16O5S/c11-9(12)10(3-6-16(13,14)7-10)8-1-4-15-5-2-8/h8H,1-7H2,(H,11,12). The molecule has 0 spiro atoms. The van der Waals surface area contributed by atoms with E-state index in [0.717, 1.165) is 0 Å². The maximum Gasteiger partial charge on any atom is 0.310 e. The minimum Gasteiger partial charge on any atom is -0.481 e. The molecular weight excluding hydrogens is 232 g/mol. The highest BCUT2D eigenvalue weighted by Crippen LogP contribution is 2.44. The molecule has 2 aliphatic heterocycles. The predicted molar refractivity (Wildman–Crippen MR) is 56.9 cm³/mol. The molecule has 0 aliphatic carbocycles.